The van der Waals surface area contributed by atoms with Gasteiger partial charge in [0.1, 0.15) is 5.75 Å². The van der Waals surface area contributed by atoms with Gasteiger partial charge in [-0.1, -0.05) is 30.3 Å². The summed E-state index contributed by atoms with van der Waals surface area (Å²) < 4.78 is 69.7. The van der Waals surface area contributed by atoms with Crippen LogP contribution in [0.2, 0.25) is 0 Å². The highest BCUT2D eigenvalue weighted by molar-refractivity contribution is 7.91. The molecule has 0 heterocycles. The molecule has 23 heavy (non-hydrogen) atoms. The molecule has 4 nitrogen and oxygen atoms in total. The van der Waals surface area contributed by atoms with Crippen LogP contribution in [0.25, 0.3) is 0 Å². The van der Waals surface area contributed by atoms with Gasteiger partial charge < -0.3 is 4.74 Å². The van der Waals surface area contributed by atoms with Crippen LogP contribution in [-0.4, -0.2) is 15.5 Å². The third kappa shape index (κ3) is 4.62. The fourth-order valence-electron chi connectivity index (χ4n) is 2.00. The predicted octanol–water partition coefficient (Wildman–Crippen LogP) is 3.66. The first-order chi connectivity index (χ1) is 10.7. The molecule has 0 aliphatic carbocycles. The van der Waals surface area contributed by atoms with Crippen molar-refractivity contribution in [2.45, 2.75) is 11.9 Å². The molecule has 0 bridgehead atoms. The van der Waals surface area contributed by atoms with Gasteiger partial charge in [0.05, 0.1) is 18.4 Å². The second-order valence-electron chi connectivity index (χ2n) is 4.76. The average Bonchev–Trinajstić information content (AvgIpc) is 2.46. The third-order valence-electron chi connectivity index (χ3n) is 2.98. The summed E-state index contributed by atoms with van der Waals surface area (Å²) in [7, 11) is -2.71. The predicted molar refractivity (Wildman–Crippen MR) is 80.7 cm³/mol. The molecule has 0 aliphatic rings. The van der Waals surface area contributed by atoms with E-state index in [4.69, 9.17) is 0 Å². The van der Waals surface area contributed by atoms with Crippen molar-refractivity contribution in [1.29, 1.82) is 0 Å². The Hall–Kier alpha value is -2.22. The number of alkyl halides is 3. The van der Waals surface area contributed by atoms with Gasteiger partial charge in [0, 0.05) is 5.69 Å². The Labute approximate surface area is 132 Å². The summed E-state index contributed by atoms with van der Waals surface area (Å²) in [6.07, 6.45) is -4.65. The van der Waals surface area contributed by atoms with Gasteiger partial charge in [-0.25, -0.2) is 8.42 Å². The second-order valence-corrected chi connectivity index (χ2v) is 6.48. The van der Waals surface area contributed by atoms with Crippen molar-refractivity contribution in [2.75, 3.05) is 11.8 Å². The molecule has 0 fully saturated rings. The molecule has 0 aromatic heterocycles. The maximum atomic E-state index is 12.9. The largest absolute Gasteiger partial charge is 0.496 e. The van der Waals surface area contributed by atoms with Gasteiger partial charge in [-0.2, -0.15) is 13.2 Å². The van der Waals surface area contributed by atoms with Crippen molar-refractivity contribution in [1.82, 2.24) is 0 Å². The van der Waals surface area contributed by atoms with E-state index in [-0.39, 0.29) is 17.2 Å². The Kier molecular flexibility index (Phi) is 4.84. The molecule has 0 unspecified atom stereocenters. The highest BCUT2D eigenvalue weighted by Crippen LogP contribution is 2.37. The minimum Gasteiger partial charge on any atom is -0.496 e. The molecule has 0 atom stereocenters. The lowest BCUT2D eigenvalue weighted by Gasteiger charge is -2.14. The summed E-state index contributed by atoms with van der Waals surface area (Å²) in [6.45, 7) is 0. The van der Waals surface area contributed by atoms with Gasteiger partial charge in [0.2, 0.25) is 10.0 Å². The second kappa shape index (κ2) is 6.49. The van der Waals surface area contributed by atoms with Crippen molar-refractivity contribution < 1.29 is 26.3 Å². The Balaban J connectivity index is 2.26. The van der Waals surface area contributed by atoms with E-state index in [0.29, 0.717) is 11.6 Å². The van der Waals surface area contributed by atoms with Crippen LogP contribution in [0, 0.1) is 0 Å². The van der Waals surface area contributed by atoms with Crippen LogP contribution in [0.5, 0.6) is 5.75 Å². The lowest BCUT2D eigenvalue weighted by Crippen LogP contribution is -2.16. The molecule has 0 saturated carbocycles. The number of methoxy groups -OCH3 is 1. The van der Waals surface area contributed by atoms with E-state index in [0.717, 1.165) is 13.2 Å². The number of hydrogen-bond donors (Lipinski definition) is 1. The van der Waals surface area contributed by atoms with Crippen LogP contribution in [0.1, 0.15) is 11.1 Å². The van der Waals surface area contributed by atoms with Crippen molar-refractivity contribution in [2.24, 2.45) is 0 Å². The maximum absolute atomic E-state index is 12.9. The molecule has 8 heteroatoms. The summed E-state index contributed by atoms with van der Waals surface area (Å²) in [5.41, 5.74) is -0.682. The highest BCUT2D eigenvalue weighted by Gasteiger charge is 2.34. The summed E-state index contributed by atoms with van der Waals surface area (Å²) in [5, 5.41) is 0. The van der Waals surface area contributed by atoms with Gasteiger partial charge in [0.25, 0.3) is 0 Å². The van der Waals surface area contributed by atoms with Crippen LogP contribution in [0.15, 0.2) is 48.5 Å². The number of ether oxygens (including phenoxy) is 1. The zero-order valence-electron chi connectivity index (χ0n) is 12.1. The standard InChI is InChI=1S/C15H14F3NO3S/c1-22-14-8-7-12(9-13(14)15(16,17)18)19-23(20,21)10-11-5-3-2-4-6-11/h2-9,19H,10H2,1H3. The Morgan fingerprint density at radius 2 is 1.74 bits per heavy atom. The van der Waals surface area contributed by atoms with Crippen molar-refractivity contribution >= 4 is 15.7 Å². The molecule has 0 spiro atoms. The smallest absolute Gasteiger partial charge is 0.420 e. The molecule has 0 amide bonds. The minimum absolute atomic E-state index is 0.172. The number of hydrogen-bond acceptors (Lipinski definition) is 3. The summed E-state index contributed by atoms with van der Waals surface area (Å²) in [6, 6.07) is 11.3. The van der Waals surface area contributed by atoms with E-state index < -0.39 is 21.8 Å². The van der Waals surface area contributed by atoms with Crippen molar-refractivity contribution in [3.8, 4) is 5.75 Å². The van der Waals surface area contributed by atoms with E-state index in [1.165, 1.54) is 6.07 Å². The fourth-order valence-corrected chi connectivity index (χ4v) is 3.19. The molecule has 124 valence electrons. The lowest BCUT2D eigenvalue weighted by molar-refractivity contribution is -0.138. The first kappa shape index (κ1) is 17.1. The number of anilines is 1. The highest BCUT2D eigenvalue weighted by atomic mass is 32.2. The monoisotopic (exact) mass is 345 g/mol. The van der Waals surface area contributed by atoms with E-state index in [1.54, 1.807) is 30.3 Å². The number of halogens is 3. The van der Waals surface area contributed by atoms with Gasteiger partial charge in [-0.05, 0) is 23.8 Å². The van der Waals surface area contributed by atoms with E-state index >= 15 is 0 Å². The molecule has 0 saturated heterocycles. The Morgan fingerprint density at radius 1 is 1.09 bits per heavy atom. The molecule has 2 aromatic carbocycles. The molecule has 0 radical (unpaired) electrons. The number of rotatable bonds is 5. The summed E-state index contributed by atoms with van der Waals surface area (Å²) in [5.74, 6) is -0.704. The maximum Gasteiger partial charge on any atom is 0.420 e. The molecule has 0 aliphatic heterocycles. The van der Waals surface area contributed by atoms with Crippen LogP contribution < -0.4 is 9.46 Å². The Bertz CT molecular complexity index is 774. The van der Waals surface area contributed by atoms with E-state index in [1.807, 2.05) is 0 Å². The van der Waals surface area contributed by atoms with Gasteiger partial charge >= 0.3 is 6.18 Å². The first-order valence-corrected chi connectivity index (χ1v) is 8.16. The summed E-state index contributed by atoms with van der Waals surface area (Å²) >= 11 is 0. The SMILES string of the molecule is COc1ccc(NS(=O)(=O)Cc2ccccc2)cc1C(F)(F)F. The third-order valence-corrected chi connectivity index (χ3v) is 4.24. The number of nitrogens with one attached hydrogen (secondary N) is 1. The molecule has 2 aromatic rings. The van der Waals surface area contributed by atoms with Crippen LogP contribution in [-0.2, 0) is 22.0 Å². The number of sulfonamides is 1. The van der Waals surface area contributed by atoms with Crippen LogP contribution in [0.4, 0.5) is 18.9 Å². The molecular formula is C15H14F3NO3S. The topological polar surface area (TPSA) is 55.4 Å². The quantitative estimate of drug-likeness (QED) is 0.900. The zero-order chi connectivity index (χ0) is 17.1. The average molecular weight is 345 g/mol. The van der Waals surface area contributed by atoms with E-state index in [2.05, 4.69) is 9.46 Å². The minimum atomic E-state index is -4.65. The van der Waals surface area contributed by atoms with Crippen LogP contribution >= 0.6 is 0 Å². The molecule has 2 rings (SSSR count). The van der Waals surface area contributed by atoms with E-state index in [9.17, 15) is 21.6 Å². The fraction of sp³-hybridized carbons (Fsp3) is 0.200. The van der Waals surface area contributed by atoms with Gasteiger partial charge in [-0.3, -0.25) is 4.72 Å². The zero-order valence-corrected chi connectivity index (χ0v) is 12.9. The normalized spacial score (nSPS) is 12.0. The van der Waals surface area contributed by atoms with Gasteiger partial charge in [0.15, 0.2) is 0 Å². The first-order valence-electron chi connectivity index (χ1n) is 6.51. The molecular weight excluding hydrogens is 331 g/mol. The van der Waals surface area contributed by atoms with Crippen molar-refractivity contribution in [3.63, 3.8) is 0 Å². The van der Waals surface area contributed by atoms with Crippen molar-refractivity contribution in [3.05, 3.63) is 59.7 Å². The van der Waals surface area contributed by atoms with Crippen LogP contribution in [0.3, 0.4) is 0 Å². The summed E-state index contributed by atoms with van der Waals surface area (Å²) in [4.78, 5) is 0. The van der Waals surface area contributed by atoms with Gasteiger partial charge in [-0.15, -0.1) is 0 Å². The number of benzene rings is 2. The molecule has 1 N–H and O–H groups in total. The lowest BCUT2D eigenvalue weighted by atomic mass is 10.1. The Morgan fingerprint density at radius 3 is 2.30 bits per heavy atom.